The van der Waals surface area contributed by atoms with Gasteiger partial charge < -0.3 is 15.4 Å². The molecule has 3 amide bonds. The van der Waals surface area contributed by atoms with Crippen molar-refractivity contribution in [3.63, 3.8) is 0 Å². The van der Waals surface area contributed by atoms with E-state index in [0.29, 0.717) is 25.3 Å². The van der Waals surface area contributed by atoms with E-state index in [1.807, 2.05) is 12.1 Å². The predicted octanol–water partition coefficient (Wildman–Crippen LogP) is 0.488. The van der Waals surface area contributed by atoms with E-state index in [4.69, 9.17) is 4.74 Å². The number of halogens is 1. The van der Waals surface area contributed by atoms with Crippen LogP contribution in [0.2, 0.25) is 0 Å². The molecular weight excluding hydrogens is 334 g/mol. The van der Waals surface area contributed by atoms with Gasteiger partial charge in [0.2, 0.25) is 17.7 Å². The first-order valence-corrected chi connectivity index (χ1v) is 7.50. The zero-order valence-electron chi connectivity index (χ0n) is 13.5. The van der Waals surface area contributed by atoms with Crippen molar-refractivity contribution < 1.29 is 19.1 Å². The normalized spacial score (nSPS) is 16.5. The van der Waals surface area contributed by atoms with Gasteiger partial charge in [-0.1, -0.05) is 12.1 Å². The van der Waals surface area contributed by atoms with Gasteiger partial charge in [0.1, 0.15) is 0 Å². The molecule has 0 spiro atoms. The average Bonchev–Trinajstić information content (AvgIpc) is 2.83. The SMILES string of the molecule is COCCNCC(=O)Nc1ccc(CC2CC(=O)NC2=O)cc1.Cl. The van der Waals surface area contributed by atoms with Crippen LogP contribution in [-0.2, 0) is 25.5 Å². The Hall–Kier alpha value is -1.96. The minimum atomic E-state index is -0.298. The molecule has 8 heteroatoms. The molecule has 1 atom stereocenters. The first-order chi connectivity index (χ1) is 11.1. The standard InChI is InChI=1S/C16H21N3O4.ClH/c1-23-7-6-17-10-15(21)18-13-4-2-11(3-5-13)8-12-9-14(20)19-16(12)22;/h2-5,12,17H,6-10H2,1H3,(H,18,21)(H,19,20,22);1H. The molecule has 7 nitrogen and oxygen atoms in total. The first kappa shape index (κ1) is 20.1. The van der Waals surface area contributed by atoms with E-state index in [1.165, 1.54) is 0 Å². The van der Waals surface area contributed by atoms with Crippen LogP contribution < -0.4 is 16.0 Å². The Morgan fingerprint density at radius 3 is 2.58 bits per heavy atom. The van der Waals surface area contributed by atoms with Gasteiger partial charge in [0.25, 0.3) is 0 Å². The summed E-state index contributed by atoms with van der Waals surface area (Å²) in [5.74, 6) is -0.859. The van der Waals surface area contributed by atoms with E-state index < -0.39 is 0 Å². The number of benzene rings is 1. The molecule has 1 aromatic rings. The second-order valence-electron chi connectivity index (χ2n) is 5.43. The number of carbonyl (C=O) groups excluding carboxylic acids is 3. The fourth-order valence-corrected chi connectivity index (χ4v) is 2.36. The first-order valence-electron chi connectivity index (χ1n) is 7.50. The van der Waals surface area contributed by atoms with E-state index in [2.05, 4.69) is 16.0 Å². The average molecular weight is 356 g/mol. The molecule has 1 aliphatic rings. The van der Waals surface area contributed by atoms with Crippen LogP contribution in [0.1, 0.15) is 12.0 Å². The topological polar surface area (TPSA) is 96.5 Å². The van der Waals surface area contributed by atoms with E-state index in [0.717, 1.165) is 5.56 Å². The van der Waals surface area contributed by atoms with Gasteiger partial charge in [-0.25, -0.2) is 0 Å². The summed E-state index contributed by atoms with van der Waals surface area (Å²) in [7, 11) is 1.61. The quantitative estimate of drug-likeness (QED) is 0.466. The summed E-state index contributed by atoms with van der Waals surface area (Å²) in [6.45, 7) is 1.39. The van der Waals surface area contributed by atoms with Crippen LogP contribution in [0.15, 0.2) is 24.3 Å². The largest absolute Gasteiger partial charge is 0.383 e. The van der Waals surface area contributed by atoms with Gasteiger partial charge in [-0.05, 0) is 24.1 Å². The monoisotopic (exact) mass is 355 g/mol. The number of methoxy groups -OCH3 is 1. The zero-order valence-corrected chi connectivity index (χ0v) is 14.3. The van der Waals surface area contributed by atoms with Gasteiger partial charge in [0, 0.05) is 25.8 Å². The summed E-state index contributed by atoms with van der Waals surface area (Å²) in [5, 5.41) is 8.04. The Bertz CT molecular complexity index is 577. The van der Waals surface area contributed by atoms with Gasteiger partial charge >= 0.3 is 0 Å². The molecule has 1 unspecified atom stereocenters. The number of carbonyl (C=O) groups is 3. The van der Waals surface area contributed by atoms with Crippen LogP contribution >= 0.6 is 12.4 Å². The molecule has 0 bridgehead atoms. The smallest absolute Gasteiger partial charge is 0.238 e. The molecule has 0 radical (unpaired) electrons. The highest BCUT2D eigenvalue weighted by Crippen LogP contribution is 2.18. The number of imide groups is 1. The molecule has 0 aromatic heterocycles. The lowest BCUT2D eigenvalue weighted by molar-refractivity contribution is -0.125. The minimum Gasteiger partial charge on any atom is -0.383 e. The fraction of sp³-hybridized carbons (Fsp3) is 0.438. The van der Waals surface area contributed by atoms with Gasteiger partial charge in [-0.2, -0.15) is 0 Å². The second kappa shape index (κ2) is 10.0. The number of anilines is 1. The third-order valence-corrected chi connectivity index (χ3v) is 3.55. The predicted molar refractivity (Wildman–Crippen MR) is 92.0 cm³/mol. The molecule has 1 aliphatic heterocycles. The van der Waals surface area contributed by atoms with Crippen molar-refractivity contribution in [2.75, 3.05) is 32.1 Å². The van der Waals surface area contributed by atoms with Crippen molar-refractivity contribution >= 4 is 35.8 Å². The van der Waals surface area contributed by atoms with Crippen LogP contribution in [0.3, 0.4) is 0 Å². The second-order valence-corrected chi connectivity index (χ2v) is 5.43. The van der Waals surface area contributed by atoms with Crippen molar-refractivity contribution in [1.82, 2.24) is 10.6 Å². The van der Waals surface area contributed by atoms with Crippen molar-refractivity contribution in [2.45, 2.75) is 12.8 Å². The molecule has 132 valence electrons. The molecule has 1 aromatic carbocycles. The van der Waals surface area contributed by atoms with Gasteiger partial charge in [-0.15, -0.1) is 12.4 Å². The summed E-state index contributed by atoms with van der Waals surface area (Å²) in [6.07, 6.45) is 0.759. The molecule has 1 fully saturated rings. The maximum absolute atomic E-state index is 11.7. The van der Waals surface area contributed by atoms with Crippen molar-refractivity contribution in [3.05, 3.63) is 29.8 Å². The van der Waals surface area contributed by atoms with Crippen molar-refractivity contribution in [1.29, 1.82) is 0 Å². The highest BCUT2D eigenvalue weighted by atomic mass is 35.5. The molecule has 0 aliphatic carbocycles. The lowest BCUT2D eigenvalue weighted by Crippen LogP contribution is -2.30. The zero-order chi connectivity index (χ0) is 16.7. The molecule has 0 saturated carbocycles. The Labute approximate surface area is 146 Å². The van der Waals surface area contributed by atoms with E-state index in [-0.39, 0.29) is 49.0 Å². The molecule has 1 saturated heterocycles. The number of nitrogens with one attached hydrogen (secondary N) is 3. The summed E-state index contributed by atoms with van der Waals surface area (Å²) in [4.78, 5) is 34.4. The maximum Gasteiger partial charge on any atom is 0.238 e. The minimum absolute atomic E-state index is 0. The summed E-state index contributed by atoms with van der Waals surface area (Å²) in [5.41, 5.74) is 1.65. The van der Waals surface area contributed by atoms with Crippen molar-refractivity contribution in [2.24, 2.45) is 5.92 Å². The van der Waals surface area contributed by atoms with Crippen LogP contribution in [0.25, 0.3) is 0 Å². The number of rotatable bonds is 8. The molecular formula is C16H22ClN3O4. The van der Waals surface area contributed by atoms with Crippen LogP contribution in [-0.4, -0.2) is 44.5 Å². The van der Waals surface area contributed by atoms with Crippen LogP contribution in [0.5, 0.6) is 0 Å². The van der Waals surface area contributed by atoms with Gasteiger partial charge in [0.05, 0.1) is 19.1 Å². The molecule has 24 heavy (non-hydrogen) atoms. The maximum atomic E-state index is 11.7. The van der Waals surface area contributed by atoms with E-state index in [9.17, 15) is 14.4 Å². The number of hydrogen-bond acceptors (Lipinski definition) is 5. The number of hydrogen-bond donors (Lipinski definition) is 3. The number of amides is 3. The third kappa shape index (κ3) is 6.27. The summed E-state index contributed by atoms with van der Waals surface area (Å²) in [6, 6.07) is 7.28. The molecule has 2 rings (SSSR count). The van der Waals surface area contributed by atoms with Crippen LogP contribution in [0, 0.1) is 5.92 Å². The third-order valence-electron chi connectivity index (χ3n) is 3.55. The summed E-state index contributed by atoms with van der Waals surface area (Å²) < 4.78 is 4.88. The lowest BCUT2D eigenvalue weighted by atomic mass is 9.98. The highest BCUT2D eigenvalue weighted by molar-refractivity contribution is 6.03. The Balaban J connectivity index is 0.00000288. The van der Waals surface area contributed by atoms with Gasteiger partial charge in [-0.3, -0.25) is 19.7 Å². The van der Waals surface area contributed by atoms with E-state index >= 15 is 0 Å². The molecule has 1 heterocycles. The number of ether oxygens (including phenoxy) is 1. The summed E-state index contributed by atoms with van der Waals surface area (Å²) >= 11 is 0. The Morgan fingerprint density at radius 1 is 1.29 bits per heavy atom. The Kier molecular flexibility index (Phi) is 8.39. The van der Waals surface area contributed by atoms with Gasteiger partial charge in [0.15, 0.2) is 0 Å². The van der Waals surface area contributed by atoms with E-state index in [1.54, 1.807) is 19.2 Å². The van der Waals surface area contributed by atoms with Crippen molar-refractivity contribution in [3.8, 4) is 0 Å². The van der Waals surface area contributed by atoms with Crippen LogP contribution in [0.4, 0.5) is 5.69 Å². The Morgan fingerprint density at radius 2 is 2.00 bits per heavy atom. The fourth-order valence-electron chi connectivity index (χ4n) is 2.36. The lowest BCUT2D eigenvalue weighted by Gasteiger charge is -2.09. The highest BCUT2D eigenvalue weighted by Gasteiger charge is 2.30. The molecule has 3 N–H and O–H groups in total.